The molecule has 0 radical (unpaired) electrons. The number of hydrogen-bond acceptors (Lipinski definition) is 8. The molecule has 36 heavy (non-hydrogen) atoms. The maximum atomic E-state index is 8.95. The van der Waals surface area contributed by atoms with Crippen LogP contribution in [-0.2, 0) is 25.2 Å². The maximum absolute atomic E-state index is 8.95. The van der Waals surface area contributed by atoms with Gasteiger partial charge in [0.05, 0.1) is 19.3 Å². The maximum Gasteiger partial charge on any atom is 0.192 e. The van der Waals surface area contributed by atoms with Crippen molar-refractivity contribution in [1.29, 1.82) is 5.41 Å². The summed E-state index contributed by atoms with van der Waals surface area (Å²) in [5.74, 6) is -0.726. The first kappa shape index (κ1) is 27.4. The van der Waals surface area contributed by atoms with Gasteiger partial charge in [0, 0.05) is 13.2 Å². The molecule has 2 aliphatic heterocycles. The van der Waals surface area contributed by atoms with Crippen molar-refractivity contribution in [3.05, 3.63) is 18.1 Å². The Labute approximate surface area is 214 Å². The summed E-state index contributed by atoms with van der Waals surface area (Å²) in [5, 5.41) is 17.7. The van der Waals surface area contributed by atoms with Crippen LogP contribution in [0.25, 0.3) is 11.2 Å². The summed E-state index contributed by atoms with van der Waals surface area (Å²) in [6, 6.07) is 0. The summed E-state index contributed by atoms with van der Waals surface area (Å²) in [5.41, 5.74) is 1.46. The average molecular weight is 522 g/mol. The van der Waals surface area contributed by atoms with E-state index < -0.39 is 20.3 Å². The van der Waals surface area contributed by atoms with Crippen LogP contribution in [0.1, 0.15) is 66.5 Å². The molecule has 0 aliphatic carbocycles. The third-order valence-electron chi connectivity index (χ3n) is 7.72. The molecule has 4 rings (SSSR count). The third-order valence-corrected chi connectivity index (χ3v) is 12.2. The van der Waals surface area contributed by atoms with Crippen LogP contribution in [0.4, 0.5) is 0 Å². The standard InChI is InChI=1S/C25H43N5O5Si/c1-24(2,3)36(6,7)32-14-17-19-20(35-25(4,5)34-19)23(33-17)30-16-27-18-21(26)29(15-28-22(18)30)12-10-8-9-11-13-31/h15-17,19-20,23,26,31H,8-14H2,1-7H3/t17-,19-,20-,23-/m1/s1. The SMILES string of the molecule is CC1(C)O[C@@H]2[C@H](O1)[C@@H](CO[Si](C)(C)C(C)(C)C)O[C@H]2n1cnc2c(=N)n(CCCCCCO)cnc21. The third kappa shape index (κ3) is 5.46. The minimum Gasteiger partial charge on any atom is -0.414 e. The van der Waals surface area contributed by atoms with Crippen LogP contribution in [0.2, 0.25) is 18.1 Å². The van der Waals surface area contributed by atoms with Gasteiger partial charge in [-0.2, -0.15) is 0 Å². The van der Waals surface area contributed by atoms with Crippen LogP contribution in [0.15, 0.2) is 12.7 Å². The molecule has 2 saturated heterocycles. The van der Waals surface area contributed by atoms with Crippen molar-refractivity contribution in [2.75, 3.05) is 13.2 Å². The van der Waals surface area contributed by atoms with Gasteiger partial charge in [0.1, 0.15) is 23.8 Å². The van der Waals surface area contributed by atoms with Crippen molar-refractivity contribution in [1.82, 2.24) is 19.1 Å². The van der Waals surface area contributed by atoms with Crippen LogP contribution >= 0.6 is 0 Å². The second-order valence-corrected chi connectivity index (χ2v) is 16.8. The largest absolute Gasteiger partial charge is 0.414 e. The molecule has 2 aliphatic rings. The Balaban J connectivity index is 1.54. The molecular formula is C25H43N5O5Si. The van der Waals surface area contributed by atoms with E-state index in [1.165, 1.54) is 0 Å². The van der Waals surface area contributed by atoms with Crippen LogP contribution in [0, 0.1) is 5.41 Å². The highest BCUT2D eigenvalue weighted by atomic mass is 28.4. The number of aryl methyl sites for hydroxylation is 1. The van der Waals surface area contributed by atoms with Gasteiger partial charge >= 0.3 is 0 Å². The van der Waals surface area contributed by atoms with Gasteiger partial charge in [-0.05, 0) is 44.8 Å². The number of imidazole rings is 1. The summed E-state index contributed by atoms with van der Waals surface area (Å²) in [4.78, 5) is 9.19. The first-order chi connectivity index (χ1) is 16.8. The van der Waals surface area contributed by atoms with Gasteiger partial charge in [-0.25, -0.2) is 9.97 Å². The van der Waals surface area contributed by atoms with E-state index in [4.69, 9.17) is 29.2 Å². The van der Waals surface area contributed by atoms with Crippen molar-refractivity contribution in [3.63, 3.8) is 0 Å². The summed E-state index contributed by atoms with van der Waals surface area (Å²) >= 11 is 0. The van der Waals surface area contributed by atoms with Gasteiger partial charge in [0.15, 0.2) is 31.5 Å². The quantitative estimate of drug-likeness (QED) is 0.362. The molecule has 0 aromatic carbocycles. The van der Waals surface area contributed by atoms with Gasteiger partial charge in [-0.15, -0.1) is 0 Å². The fraction of sp³-hybridized carbons (Fsp3) is 0.800. The molecule has 0 saturated carbocycles. The highest BCUT2D eigenvalue weighted by Crippen LogP contribution is 2.44. The van der Waals surface area contributed by atoms with Crippen molar-refractivity contribution in [2.45, 2.75) is 115 Å². The zero-order chi connectivity index (χ0) is 26.3. The normalized spacial score (nSPS) is 26.1. The van der Waals surface area contributed by atoms with E-state index in [0.29, 0.717) is 29.8 Å². The lowest BCUT2D eigenvalue weighted by Gasteiger charge is -2.37. The summed E-state index contributed by atoms with van der Waals surface area (Å²) in [6.45, 7) is 16.3. The molecule has 2 aromatic rings. The van der Waals surface area contributed by atoms with E-state index in [1.807, 2.05) is 23.0 Å². The Morgan fingerprint density at radius 3 is 2.47 bits per heavy atom. The minimum atomic E-state index is -1.96. The molecule has 2 N–H and O–H groups in total. The van der Waals surface area contributed by atoms with Crippen molar-refractivity contribution >= 4 is 19.5 Å². The molecule has 11 heteroatoms. The monoisotopic (exact) mass is 521 g/mol. The lowest BCUT2D eigenvalue weighted by molar-refractivity contribution is -0.199. The predicted octanol–water partition coefficient (Wildman–Crippen LogP) is 3.70. The number of nitrogens with zero attached hydrogens (tertiary/aromatic N) is 4. The predicted molar refractivity (Wildman–Crippen MR) is 138 cm³/mol. The van der Waals surface area contributed by atoms with Crippen LogP contribution < -0.4 is 5.49 Å². The smallest absolute Gasteiger partial charge is 0.192 e. The van der Waals surface area contributed by atoms with E-state index in [2.05, 4.69) is 43.8 Å². The highest BCUT2D eigenvalue weighted by Gasteiger charge is 2.56. The topological polar surface area (TPSA) is 117 Å². The summed E-state index contributed by atoms with van der Waals surface area (Å²) in [7, 11) is -1.96. The lowest BCUT2D eigenvalue weighted by atomic mass is 10.1. The Bertz CT molecular complexity index is 1110. The number of nitrogens with one attached hydrogen (secondary N) is 1. The van der Waals surface area contributed by atoms with Gasteiger partial charge in [-0.3, -0.25) is 9.98 Å². The van der Waals surface area contributed by atoms with E-state index in [0.717, 1.165) is 25.7 Å². The summed E-state index contributed by atoms with van der Waals surface area (Å²) < 4.78 is 29.2. The zero-order valence-electron chi connectivity index (χ0n) is 22.8. The molecule has 202 valence electrons. The first-order valence-electron chi connectivity index (χ1n) is 13.1. The molecule has 0 amide bonds. The van der Waals surface area contributed by atoms with Crippen LogP contribution in [0.5, 0.6) is 0 Å². The Hall–Kier alpha value is -1.63. The molecule has 0 bridgehead atoms. The van der Waals surface area contributed by atoms with Crippen molar-refractivity contribution < 1.29 is 23.7 Å². The van der Waals surface area contributed by atoms with Gasteiger partial charge < -0.3 is 28.3 Å². The fourth-order valence-electron chi connectivity index (χ4n) is 4.60. The summed E-state index contributed by atoms with van der Waals surface area (Å²) in [6.07, 6.45) is 5.76. The van der Waals surface area contributed by atoms with Gasteiger partial charge in [0.2, 0.25) is 0 Å². The number of aliphatic hydroxyl groups excluding tert-OH is 1. The second-order valence-electron chi connectivity index (χ2n) is 11.9. The zero-order valence-corrected chi connectivity index (χ0v) is 23.8. The van der Waals surface area contributed by atoms with Crippen LogP contribution in [-0.4, -0.2) is 69.8 Å². The molecular weight excluding hydrogens is 478 g/mol. The Morgan fingerprint density at radius 2 is 1.78 bits per heavy atom. The molecule has 2 aromatic heterocycles. The van der Waals surface area contributed by atoms with Gasteiger partial charge in [0.25, 0.3) is 0 Å². The molecule has 4 atom stereocenters. The van der Waals surface area contributed by atoms with Crippen molar-refractivity contribution in [2.24, 2.45) is 0 Å². The van der Waals surface area contributed by atoms with E-state index >= 15 is 0 Å². The number of aromatic nitrogens is 4. The number of rotatable bonds is 10. The fourth-order valence-corrected chi connectivity index (χ4v) is 5.61. The molecule has 10 nitrogen and oxygen atoms in total. The second kappa shape index (κ2) is 10.3. The Kier molecular flexibility index (Phi) is 7.81. The number of unbranched alkanes of at least 4 members (excludes halogenated alkanes) is 3. The number of fused-ring (bicyclic) bond motifs is 2. The first-order valence-corrected chi connectivity index (χ1v) is 16.0. The van der Waals surface area contributed by atoms with E-state index in [1.54, 1.807) is 12.7 Å². The molecule has 2 fully saturated rings. The number of ether oxygens (including phenoxy) is 3. The number of hydrogen-bond donors (Lipinski definition) is 2. The molecule has 0 unspecified atom stereocenters. The Morgan fingerprint density at radius 1 is 1.08 bits per heavy atom. The van der Waals surface area contributed by atoms with Crippen LogP contribution in [0.3, 0.4) is 0 Å². The number of aliphatic hydroxyl groups is 1. The lowest BCUT2D eigenvalue weighted by Crippen LogP contribution is -2.44. The molecule has 0 spiro atoms. The average Bonchev–Trinajstić information content (AvgIpc) is 3.44. The molecule has 4 heterocycles. The highest BCUT2D eigenvalue weighted by molar-refractivity contribution is 6.74. The minimum absolute atomic E-state index is 0.0971. The van der Waals surface area contributed by atoms with E-state index in [9.17, 15) is 0 Å². The van der Waals surface area contributed by atoms with Crippen molar-refractivity contribution in [3.8, 4) is 0 Å². The van der Waals surface area contributed by atoms with Gasteiger partial charge in [-0.1, -0.05) is 33.6 Å². The van der Waals surface area contributed by atoms with E-state index in [-0.39, 0.29) is 30.0 Å².